The third-order valence-corrected chi connectivity index (χ3v) is 3.56. The van der Waals surface area contributed by atoms with Crippen molar-refractivity contribution in [2.24, 2.45) is 0 Å². The maximum absolute atomic E-state index is 5.35. The molecule has 0 amide bonds. The Bertz CT molecular complexity index is 507. The summed E-state index contributed by atoms with van der Waals surface area (Å²) in [6, 6.07) is 19.6. The Balaban J connectivity index is 2.10. The summed E-state index contributed by atoms with van der Waals surface area (Å²) in [6.45, 7) is 4.97. The highest BCUT2D eigenvalue weighted by Gasteiger charge is 2.14. The Morgan fingerprint density at radius 3 is 2.20 bits per heavy atom. The largest absolute Gasteiger partial charge is 0.383 e. The van der Waals surface area contributed by atoms with Crippen LogP contribution >= 0.6 is 0 Å². The molecule has 106 valence electrons. The molecular weight excluding hydrogens is 246 g/mol. The van der Waals surface area contributed by atoms with E-state index in [9.17, 15) is 0 Å². The molecule has 0 radical (unpaired) electrons. The lowest BCUT2D eigenvalue weighted by molar-refractivity contribution is 0.162. The number of ether oxygens (including phenoxy) is 1. The van der Waals surface area contributed by atoms with Crippen molar-refractivity contribution >= 4 is 0 Å². The first-order chi connectivity index (χ1) is 9.70. The second kappa shape index (κ2) is 7.22. The fourth-order valence-electron chi connectivity index (χ4n) is 2.35. The van der Waals surface area contributed by atoms with Gasteiger partial charge in [-0.3, -0.25) is 0 Å². The molecule has 0 heterocycles. The minimum absolute atomic E-state index is 0.206. The molecule has 0 saturated heterocycles. The first-order valence-corrected chi connectivity index (χ1v) is 7.07. The molecule has 2 rings (SSSR count). The van der Waals surface area contributed by atoms with Gasteiger partial charge in [-0.15, -0.1) is 0 Å². The van der Waals surface area contributed by atoms with Crippen LogP contribution in [0.1, 0.15) is 35.7 Å². The zero-order valence-electron chi connectivity index (χ0n) is 12.5. The molecule has 0 aliphatic carbocycles. The van der Waals surface area contributed by atoms with E-state index < -0.39 is 0 Å². The van der Waals surface area contributed by atoms with Crippen molar-refractivity contribution in [3.05, 3.63) is 71.3 Å². The lowest BCUT2D eigenvalue weighted by atomic mass is 10.0. The minimum atomic E-state index is 0.206. The van der Waals surface area contributed by atoms with Crippen molar-refractivity contribution < 1.29 is 4.74 Å². The summed E-state index contributed by atoms with van der Waals surface area (Å²) >= 11 is 0. The molecule has 0 aliphatic heterocycles. The van der Waals surface area contributed by atoms with Gasteiger partial charge in [-0.1, -0.05) is 60.2 Å². The number of hydrogen-bond acceptors (Lipinski definition) is 2. The Morgan fingerprint density at radius 1 is 0.950 bits per heavy atom. The van der Waals surface area contributed by atoms with Crippen LogP contribution in [0.5, 0.6) is 0 Å². The van der Waals surface area contributed by atoms with E-state index in [2.05, 4.69) is 67.7 Å². The maximum Gasteiger partial charge on any atom is 0.0657 e. The molecule has 20 heavy (non-hydrogen) atoms. The van der Waals surface area contributed by atoms with E-state index in [0.29, 0.717) is 6.61 Å². The smallest absolute Gasteiger partial charge is 0.0657 e. The molecule has 2 heteroatoms. The first kappa shape index (κ1) is 14.8. The van der Waals surface area contributed by atoms with Gasteiger partial charge in [0.2, 0.25) is 0 Å². The second-order valence-electron chi connectivity index (χ2n) is 5.22. The average Bonchev–Trinajstić information content (AvgIpc) is 2.48. The monoisotopic (exact) mass is 269 g/mol. The van der Waals surface area contributed by atoms with Crippen LogP contribution in [0.15, 0.2) is 54.6 Å². The Labute approximate surface area is 121 Å². The molecule has 0 aliphatic rings. The highest BCUT2D eigenvalue weighted by Crippen LogP contribution is 2.20. The van der Waals surface area contributed by atoms with Crippen LogP contribution in [0.4, 0.5) is 0 Å². The van der Waals surface area contributed by atoms with E-state index in [0.717, 1.165) is 0 Å². The molecule has 0 bridgehead atoms. The number of aryl methyl sites for hydroxylation is 1. The quantitative estimate of drug-likeness (QED) is 0.854. The first-order valence-electron chi connectivity index (χ1n) is 7.07. The van der Waals surface area contributed by atoms with E-state index in [1.807, 2.05) is 6.07 Å². The molecule has 2 aromatic carbocycles. The van der Waals surface area contributed by atoms with Crippen LogP contribution in [0.25, 0.3) is 0 Å². The maximum atomic E-state index is 5.35. The Kier molecular flexibility index (Phi) is 5.33. The minimum Gasteiger partial charge on any atom is -0.383 e. The van der Waals surface area contributed by atoms with Gasteiger partial charge in [0.05, 0.1) is 12.6 Å². The number of benzene rings is 2. The molecular formula is C18H23NO. The topological polar surface area (TPSA) is 21.3 Å². The molecule has 1 N–H and O–H groups in total. The summed E-state index contributed by atoms with van der Waals surface area (Å²) in [7, 11) is 1.74. The van der Waals surface area contributed by atoms with Gasteiger partial charge in [0.15, 0.2) is 0 Å². The van der Waals surface area contributed by atoms with Crippen molar-refractivity contribution in [3.8, 4) is 0 Å². The van der Waals surface area contributed by atoms with Crippen molar-refractivity contribution in [3.63, 3.8) is 0 Å². The van der Waals surface area contributed by atoms with Crippen LogP contribution in [-0.2, 0) is 4.74 Å². The van der Waals surface area contributed by atoms with Crippen molar-refractivity contribution in [1.82, 2.24) is 5.32 Å². The zero-order chi connectivity index (χ0) is 14.4. The van der Waals surface area contributed by atoms with Gasteiger partial charge in [-0.25, -0.2) is 0 Å². The fraction of sp³-hybridized carbons (Fsp3) is 0.333. The summed E-state index contributed by atoms with van der Waals surface area (Å²) < 4.78 is 5.35. The lowest BCUT2D eigenvalue weighted by Crippen LogP contribution is -2.28. The zero-order valence-corrected chi connectivity index (χ0v) is 12.5. The molecule has 0 aromatic heterocycles. The Morgan fingerprint density at radius 2 is 1.60 bits per heavy atom. The lowest BCUT2D eigenvalue weighted by Gasteiger charge is -2.23. The van der Waals surface area contributed by atoms with Crippen molar-refractivity contribution in [2.45, 2.75) is 25.9 Å². The van der Waals surface area contributed by atoms with Crippen molar-refractivity contribution in [1.29, 1.82) is 0 Å². The molecule has 0 saturated carbocycles. The van der Waals surface area contributed by atoms with E-state index in [1.165, 1.54) is 16.7 Å². The third-order valence-electron chi connectivity index (χ3n) is 3.56. The normalized spacial score (nSPS) is 13.9. The molecule has 2 nitrogen and oxygen atoms in total. The number of methoxy groups -OCH3 is 1. The number of hydrogen-bond donors (Lipinski definition) is 1. The van der Waals surface area contributed by atoms with Gasteiger partial charge in [-0.2, -0.15) is 0 Å². The Hall–Kier alpha value is -1.64. The molecule has 0 spiro atoms. The van der Waals surface area contributed by atoms with Crippen LogP contribution < -0.4 is 5.32 Å². The van der Waals surface area contributed by atoms with E-state index in [-0.39, 0.29) is 12.1 Å². The van der Waals surface area contributed by atoms with Gasteiger partial charge in [-0.05, 0) is 25.0 Å². The van der Waals surface area contributed by atoms with E-state index in [1.54, 1.807) is 7.11 Å². The van der Waals surface area contributed by atoms with E-state index in [4.69, 9.17) is 4.74 Å². The molecule has 1 unspecified atom stereocenters. The standard InChI is InChI=1S/C18H23NO/c1-14-9-11-16(12-10-14)15(2)19-18(13-20-3)17-7-5-4-6-8-17/h4-12,15,18-19H,13H2,1-3H3/t15-,18?/m1/s1. The van der Waals surface area contributed by atoms with Gasteiger partial charge in [0.25, 0.3) is 0 Å². The highest BCUT2D eigenvalue weighted by molar-refractivity contribution is 5.25. The second-order valence-corrected chi connectivity index (χ2v) is 5.22. The SMILES string of the molecule is COCC(N[C@H](C)c1ccc(C)cc1)c1ccccc1. The van der Waals surface area contributed by atoms with Crippen LogP contribution in [-0.4, -0.2) is 13.7 Å². The highest BCUT2D eigenvalue weighted by atomic mass is 16.5. The van der Waals surface area contributed by atoms with Crippen LogP contribution in [0.2, 0.25) is 0 Å². The summed E-state index contributed by atoms with van der Waals surface area (Å²) in [5.74, 6) is 0. The number of nitrogens with one attached hydrogen (secondary N) is 1. The van der Waals surface area contributed by atoms with Crippen LogP contribution in [0, 0.1) is 6.92 Å². The predicted octanol–water partition coefficient (Wildman–Crippen LogP) is 4.03. The van der Waals surface area contributed by atoms with Crippen molar-refractivity contribution in [2.75, 3.05) is 13.7 Å². The summed E-state index contributed by atoms with van der Waals surface area (Å²) in [5, 5.41) is 3.64. The molecule has 2 aromatic rings. The molecule has 0 fully saturated rings. The molecule has 2 atom stereocenters. The van der Waals surface area contributed by atoms with Gasteiger partial charge >= 0.3 is 0 Å². The third kappa shape index (κ3) is 3.92. The number of rotatable bonds is 6. The summed E-state index contributed by atoms with van der Waals surface area (Å²) in [6.07, 6.45) is 0. The predicted molar refractivity (Wildman–Crippen MR) is 83.8 cm³/mol. The fourth-order valence-corrected chi connectivity index (χ4v) is 2.35. The summed E-state index contributed by atoms with van der Waals surface area (Å²) in [5.41, 5.74) is 3.85. The summed E-state index contributed by atoms with van der Waals surface area (Å²) in [4.78, 5) is 0. The van der Waals surface area contributed by atoms with Gasteiger partial charge in [0.1, 0.15) is 0 Å². The average molecular weight is 269 g/mol. The van der Waals surface area contributed by atoms with Gasteiger partial charge in [0, 0.05) is 13.2 Å². The van der Waals surface area contributed by atoms with Crippen LogP contribution in [0.3, 0.4) is 0 Å². The van der Waals surface area contributed by atoms with Gasteiger partial charge < -0.3 is 10.1 Å². The van der Waals surface area contributed by atoms with E-state index >= 15 is 0 Å².